The predicted octanol–water partition coefficient (Wildman–Crippen LogP) is 2.58. The Morgan fingerprint density at radius 1 is 1.07 bits per heavy atom. The molecule has 0 aromatic carbocycles. The number of hydrogen-bond donors (Lipinski definition) is 3. The Morgan fingerprint density at radius 3 is 2.00 bits per heavy atom. The first-order valence-corrected chi connectivity index (χ1v) is 8.78. The van der Waals surface area contributed by atoms with Crippen LogP contribution in [0.15, 0.2) is 11.6 Å². The highest BCUT2D eigenvalue weighted by molar-refractivity contribution is 5.88. The van der Waals surface area contributed by atoms with Crippen LogP contribution in [-0.2, 0) is 23.9 Å². The molecule has 8 nitrogen and oxygen atoms in total. The number of esters is 1. The minimum atomic E-state index is -2.63. The number of hydrogen-bond acceptors (Lipinski definition) is 6. The van der Waals surface area contributed by atoms with Gasteiger partial charge in [0, 0.05) is 6.42 Å². The third kappa shape index (κ3) is 15.7. The second-order valence-electron chi connectivity index (χ2n) is 6.99. The highest BCUT2D eigenvalue weighted by Gasteiger charge is 2.41. The van der Waals surface area contributed by atoms with E-state index in [2.05, 4.69) is 31.6 Å². The average molecular weight is 388 g/mol. The van der Waals surface area contributed by atoms with Crippen molar-refractivity contribution in [1.82, 2.24) is 0 Å². The van der Waals surface area contributed by atoms with Gasteiger partial charge >= 0.3 is 17.9 Å². The average Bonchev–Trinajstić information content (AvgIpc) is 2.45. The first-order chi connectivity index (χ1) is 12.3. The van der Waals surface area contributed by atoms with Gasteiger partial charge in [0.25, 0.3) is 0 Å². The zero-order valence-corrected chi connectivity index (χ0v) is 16.7. The molecule has 3 N–H and O–H groups in total. The summed E-state index contributed by atoms with van der Waals surface area (Å²) >= 11 is 0. The Hall–Kier alpha value is -2.22. The Morgan fingerprint density at radius 2 is 1.63 bits per heavy atom. The van der Waals surface area contributed by atoms with Crippen molar-refractivity contribution in [2.75, 3.05) is 0 Å². The van der Waals surface area contributed by atoms with Gasteiger partial charge in [0.1, 0.15) is 6.29 Å². The normalized spacial score (nSPS) is 13.4. The quantitative estimate of drug-likeness (QED) is 0.279. The van der Waals surface area contributed by atoms with Crippen LogP contribution in [0.4, 0.5) is 0 Å². The molecule has 0 amide bonds. The summed E-state index contributed by atoms with van der Waals surface area (Å²) in [5, 5.41) is 26.5. The number of carboxylic acid groups (broad SMARTS) is 2. The molecule has 0 fully saturated rings. The molecule has 0 aromatic heterocycles. The molecule has 0 spiro atoms. The molecule has 0 bridgehead atoms. The zero-order chi connectivity index (χ0) is 21.6. The number of aliphatic hydroxyl groups is 1. The summed E-state index contributed by atoms with van der Waals surface area (Å²) in [4.78, 5) is 42.2. The maximum atomic E-state index is 11.1. The van der Waals surface area contributed by atoms with Crippen LogP contribution in [0.5, 0.6) is 0 Å². The van der Waals surface area contributed by atoms with Crippen LogP contribution in [0.3, 0.4) is 0 Å². The summed E-state index contributed by atoms with van der Waals surface area (Å²) in [5.41, 5.74) is -1.26. The summed E-state index contributed by atoms with van der Waals surface area (Å²) < 4.78 is 4.62. The number of aldehydes is 1. The molecule has 0 heterocycles. The number of ether oxygens (including phenoxy) is 1. The molecule has 0 rings (SSSR count). The van der Waals surface area contributed by atoms with E-state index in [1.54, 1.807) is 13.8 Å². The number of rotatable bonds is 11. The molecule has 0 aliphatic heterocycles. The van der Waals surface area contributed by atoms with E-state index in [0.29, 0.717) is 12.3 Å². The SMILES string of the molecule is CC(C)=CCCC(C)CC=O.CC(C)OC(=O)CC(O)(CC(=O)O)C(=O)O. The summed E-state index contributed by atoms with van der Waals surface area (Å²) in [5.74, 6) is -3.69. The van der Waals surface area contributed by atoms with Crippen molar-refractivity contribution in [3.05, 3.63) is 11.6 Å². The van der Waals surface area contributed by atoms with E-state index >= 15 is 0 Å². The Labute approximate surface area is 160 Å². The highest BCUT2D eigenvalue weighted by atomic mass is 16.5. The van der Waals surface area contributed by atoms with Crippen molar-refractivity contribution in [2.45, 2.75) is 78.4 Å². The zero-order valence-electron chi connectivity index (χ0n) is 16.7. The van der Waals surface area contributed by atoms with Crippen LogP contribution in [0.25, 0.3) is 0 Å². The summed E-state index contributed by atoms with van der Waals surface area (Å²) in [6.45, 7) is 9.42. The summed E-state index contributed by atoms with van der Waals surface area (Å²) in [6, 6.07) is 0. The summed E-state index contributed by atoms with van der Waals surface area (Å²) in [6.07, 6.45) is 3.75. The maximum Gasteiger partial charge on any atom is 0.336 e. The minimum absolute atomic E-state index is 0.463. The van der Waals surface area contributed by atoms with Crippen molar-refractivity contribution >= 4 is 24.2 Å². The van der Waals surface area contributed by atoms with Crippen LogP contribution in [0.1, 0.15) is 66.7 Å². The van der Waals surface area contributed by atoms with E-state index in [9.17, 15) is 24.3 Å². The molecule has 27 heavy (non-hydrogen) atoms. The largest absolute Gasteiger partial charge is 0.481 e. The van der Waals surface area contributed by atoms with Gasteiger partial charge in [0.2, 0.25) is 0 Å². The minimum Gasteiger partial charge on any atom is -0.481 e. The van der Waals surface area contributed by atoms with Gasteiger partial charge in [-0.15, -0.1) is 0 Å². The molecule has 2 atom stereocenters. The Kier molecular flexibility index (Phi) is 13.9. The van der Waals surface area contributed by atoms with Gasteiger partial charge in [-0.05, 0) is 46.5 Å². The van der Waals surface area contributed by atoms with Crippen LogP contribution >= 0.6 is 0 Å². The van der Waals surface area contributed by atoms with Gasteiger partial charge in [-0.1, -0.05) is 18.6 Å². The van der Waals surface area contributed by atoms with Gasteiger partial charge < -0.3 is 24.9 Å². The van der Waals surface area contributed by atoms with Crippen LogP contribution < -0.4 is 0 Å². The molecule has 2 unspecified atom stereocenters. The molecule has 0 aliphatic carbocycles. The van der Waals surface area contributed by atoms with Crippen molar-refractivity contribution in [2.24, 2.45) is 5.92 Å². The number of allylic oxidation sites excluding steroid dienone is 2. The fourth-order valence-corrected chi connectivity index (χ4v) is 1.95. The predicted molar refractivity (Wildman–Crippen MR) is 99.2 cm³/mol. The summed E-state index contributed by atoms with van der Waals surface area (Å²) in [7, 11) is 0. The molecule has 156 valence electrons. The van der Waals surface area contributed by atoms with E-state index in [-0.39, 0.29) is 0 Å². The first-order valence-electron chi connectivity index (χ1n) is 8.78. The third-order valence-electron chi connectivity index (χ3n) is 3.36. The monoisotopic (exact) mass is 388 g/mol. The van der Waals surface area contributed by atoms with E-state index in [1.807, 2.05) is 0 Å². The van der Waals surface area contributed by atoms with Gasteiger partial charge in [0.05, 0.1) is 18.9 Å². The van der Waals surface area contributed by atoms with Crippen LogP contribution in [0, 0.1) is 5.92 Å². The van der Waals surface area contributed by atoms with E-state index < -0.39 is 42.5 Å². The number of carbonyl (C=O) groups is 4. The van der Waals surface area contributed by atoms with Crippen molar-refractivity contribution < 1.29 is 39.2 Å². The molecule has 0 saturated heterocycles. The van der Waals surface area contributed by atoms with Crippen LogP contribution in [-0.4, -0.2) is 51.2 Å². The lowest BCUT2D eigenvalue weighted by Crippen LogP contribution is -2.43. The molecule has 0 aromatic rings. The van der Waals surface area contributed by atoms with Gasteiger partial charge in [-0.25, -0.2) is 4.79 Å². The maximum absolute atomic E-state index is 11.1. The van der Waals surface area contributed by atoms with Gasteiger partial charge in [-0.2, -0.15) is 0 Å². The van der Waals surface area contributed by atoms with E-state index in [4.69, 9.17) is 10.2 Å². The van der Waals surface area contributed by atoms with Gasteiger partial charge in [-0.3, -0.25) is 9.59 Å². The van der Waals surface area contributed by atoms with Crippen molar-refractivity contribution in [3.63, 3.8) is 0 Å². The van der Waals surface area contributed by atoms with Gasteiger partial charge in [0.15, 0.2) is 5.60 Å². The third-order valence-corrected chi connectivity index (χ3v) is 3.36. The molecular formula is C19H32O8. The molecule has 0 saturated carbocycles. The molecule has 8 heteroatoms. The highest BCUT2D eigenvalue weighted by Crippen LogP contribution is 2.17. The van der Waals surface area contributed by atoms with E-state index in [1.165, 1.54) is 5.57 Å². The molecular weight excluding hydrogens is 356 g/mol. The topological polar surface area (TPSA) is 138 Å². The molecule has 0 radical (unpaired) electrons. The molecule has 0 aliphatic rings. The lowest BCUT2D eigenvalue weighted by Gasteiger charge is -2.20. The number of carbonyl (C=O) groups excluding carboxylic acids is 2. The first kappa shape index (κ1) is 27.0. The number of carboxylic acids is 2. The second-order valence-corrected chi connectivity index (χ2v) is 6.99. The van der Waals surface area contributed by atoms with Crippen LogP contribution in [0.2, 0.25) is 0 Å². The number of aliphatic carboxylic acids is 2. The smallest absolute Gasteiger partial charge is 0.336 e. The standard InChI is InChI=1S/C10H18O.C9H14O7/c1-9(2)5-4-6-10(3)7-8-11;1-5(2)16-7(12)4-9(15,8(13)14)3-6(10)11/h5,8,10H,4,6-7H2,1-3H3;5,15H,3-4H2,1-2H3,(H,10,11)(H,13,14). The van der Waals surface area contributed by atoms with Crippen molar-refractivity contribution in [3.8, 4) is 0 Å². The van der Waals surface area contributed by atoms with E-state index in [0.717, 1.165) is 19.1 Å². The lowest BCUT2D eigenvalue weighted by molar-refractivity contribution is -0.173. The fraction of sp³-hybridized carbons (Fsp3) is 0.684. The Balaban J connectivity index is 0. The van der Waals surface area contributed by atoms with Crippen molar-refractivity contribution in [1.29, 1.82) is 0 Å². The fourth-order valence-electron chi connectivity index (χ4n) is 1.95. The Bertz CT molecular complexity index is 520. The second kappa shape index (κ2) is 13.9. The lowest BCUT2D eigenvalue weighted by atomic mass is 9.96.